The van der Waals surface area contributed by atoms with Crippen molar-refractivity contribution in [1.29, 1.82) is 0 Å². The van der Waals surface area contributed by atoms with Crippen LogP contribution in [0.25, 0.3) is 11.0 Å². The number of hydrogen-bond acceptors (Lipinski definition) is 2. The van der Waals surface area contributed by atoms with Crippen molar-refractivity contribution in [2.75, 3.05) is 0 Å². The number of carboxylic acids is 1. The average Bonchev–Trinajstić information content (AvgIpc) is 2.72. The van der Waals surface area contributed by atoms with Gasteiger partial charge in [-0.3, -0.25) is 0 Å². The minimum Gasteiger partial charge on any atom is -0.478 e. The number of hydrogen-bond donors (Lipinski definition) is 1. The molecule has 0 aliphatic heterocycles. The van der Waals surface area contributed by atoms with Crippen LogP contribution >= 0.6 is 0 Å². The van der Waals surface area contributed by atoms with Crippen molar-refractivity contribution in [3.8, 4) is 0 Å². The first-order valence-corrected chi connectivity index (χ1v) is 6.37. The Balaban J connectivity index is 2.13. The SMILES string of the molecule is CCC1(n2cnc3cc(C(=O)O)ccc32)CCC1. The van der Waals surface area contributed by atoms with Crippen LogP contribution in [0.5, 0.6) is 0 Å². The molecule has 94 valence electrons. The van der Waals surface area contributed by atoms with Crippen LogP contribution in [0.15, 0.2) is 24.5 Å². The molecule has 4 nitrogen and oxygen atoms in total. The van der Waals surface area contributed by atoms with E-state index in [1.807, 2.05) is 12.4 Å². The molecule has 1 aromatic heterocycles. The van der Waals surface area contributed by atoms with Crippen LogP contribution in [0.1, 0.15) is 43.0 Å². The second-order valence-corrected chi connectivity index (χ2v) is 5.05. The Labute approximate surface area is 105 Å². The molecular formula is C14H16N2O2. The summed E-state index contributed by atoms with van der Waals surface area (Å²) in [5.74, 6) is -0.903. The molecule has 4 heteroatoms. The third-order valence-corrected chi connectivity index (χ3v) is 4.25. The van der Waals surface area contributed by atoms with Crippen molar-refractivity contribution in [1.82, 2.24) is 9.55 Å². The molecule has 1 heterocycles. The van der Waals surface area contributed by atoms with E-state index in [9.17, 15) is 4.79 Å². The monoisotopic (exact) mass is 244 g/mol. The Morgan fingerprint density at radius 1 is 1.50 bits per heavy atom. The molecule has 0 saturated heterocycles. The maximum atomic E-state index is 10.9. The van der Waals surface area contributed by atoms with E-state index in [2.05, 4.69) is 16.5 Å². The van der Waals surface area contributed by atoms with Crippen molar-refractivity contribution in [2.45, 2.75) is 38.1 Å². The van der Waals surface area contributed by atoms with Crippen molar-refractivity contribution in [2.24, 2.45) is 0 Å². The number of carbonyl (C=O) groups is 1. The minimum absolute atomic E-state index is 0.208. The molecule has 1 saturated carbocycles. The van der Waals surface area contributed by atoms with Gasteiger partial charge in [0, 0.05) is 5.54 Å². The fourth-order valence-electron chi connectivity index (χ4n) is 2.87. The van der Waals surface area contributed by atoms with Crippen LogP contribution in [0.2, 0.25) is 0 Å². The standard InChI is InChI=1S/C14H16N2O2/c1-2-14(6-3-7-14)16-9-15-11-8-10(13(17)18)4-5-12(11)16/h4-5,8-9H,2-3,6-7H2,1H3,(H,17,18). The molecule has 0 spiro atoms. The van der Waals surface area contributed by atoms with Gasteiger partial charge in [-0.05, 0) is 43.9 Å². The predicted octanol–water partition coefficient (Wildman–Crippen LogP) is 3.02. The molecule has 1 N–H and O–H groups in total. The number of fused-ring (bicyclic) bond motifs is 1. The predicted molar refractivity (Wildman–Crippen MR) is 68.8 cm³/mol. The van der Waals surface area contributed by atoms with Gasteiger partial charge in [-0.1, -0.05) is 6.92 Å². The zero-order valence-corrected chi connectivity index (χ0v) is 10.4. The van der Waals surface area contributed by atoms with Gasteiger partial charge in [-0.2, -0.15) is 0 Å². The number of aromatic carboxylic acids is 1. The highest BCUT2D eigenvalue weighted by atomic mass is 16.4. The van der Waals surface area contributed by atoms with Gasteiger partial charge in [0.2, 0.25) is 0 Å². The molecule has 2 aromatic rings. The Morgan fingerprint density at radius 2 is 2.28 bits per heavy atom. The summed E-state index contributed by atoms with van der Waals surface area (Å²) in [5, 5.41) is 8.98. The number of nitrogens with zero attached hydrogens (tertiary/aromatic N) is 2. The fourth-order valence-corrected chi connectivity index (χ4v) is 2.87. The van der Waals surface area contributed by atoms with E-state index < -0.39 is 5.97 Å². The third kappa shape index (κ3) is 1.45. The number of aromatic nitrogens is 2. The first-order valence-electron chi connectivity index (χ1n) is 6.37. The minimum atomic E-state index is -0.903. The van der Waals surface area contributed by atoms with Crippen LogP contribution < -0.4 is 0 Å². The second-order valence-electron chi connectivity index (χ2n) is 5.05. The summed E-state index contributed by atoms with van der Waals surface area (Å²) in [4.78, 5) is 15.3. The van der Waals surface area contributed by atoms with E-state index in [0.717, 1.165) is 17.5 Å². The Bertz CT molecular complexity index is 606. The number of carboxylic acid groups (broad SMARTS) is 1. The fraction of sp³-hybridized carbons (Fsp3) is 0.429. The quantitative estimate of drug-likeness (QED) is 0.902. The number of benzene rings is 1. The van der Waals surface area contributed by atoms with Gasteiger partial charge in [0.05, 0.1) is 22.9 Å². The van der Waals surface area contributed by atoms with Crippen LogP contribution in [0, 0.1) is 0 Å². The molecule has 0 radical (unpaired) electrons. The zero-order chi connectivity index (χ0) is 12.8. The Hall–Kier alpha value is -1.84. The van der Waals surface area contributed by atoms with Gasteiger partial charge in [0.25, 0.3) is 0 Å². The molecular weight excluding hydrogens is 228 g/mol. The largest absolute Gasteiger partial charge is 0.478 e. The normalized spacial score (nSPS) is 17.6. The van der Waals surface area contributed by atoms with Gasteiger partial charge in [0.15, 0.2) is 0 Å². The summed E-state index contributed by atoms with van der Waals surface area (Å²) in [6.07, 6.45) is 6.60. The molecule has 1 aliphatic rings. The summed E-state index contributed by atoms with van der Waals surface area (Å²) >= 11 is 0. The highest BCUT2D eigenvalue weighted by Crippen LogP contribution is 2.43. The van der Waals surface area contributed by atoms with E-state index in [4.69, 9.17) is 5.11 Å². The lowest BCUT2D eigenvalue weighted by atomic mass is 9.74. The molecule has 1 fully saturated rings. The first-order chi connectivity index (χ1) is 8.66. The molecule has 1 aliphatic carbocycles. The van der Waals surface area contributed by atoms with Gasteiger partial charge in [0.1, 0.15) is 0 Å². The zero-order valence-electron chi connectivity index (χ0n) is 10.4. The molecule has 0 bridgehead atoms. The van der Waals surface area contributed by atoms with Crippen LogP contribution in [-0.2, 0) is 5.54 Å². The van der Waals surface area contributed by atoms with Gasteiger partial charge >= 0.3 is 5.97 Å². The lowest BCUT2D eigenvalue weighted by Gasteiger charge is -2.43. The van der Waals surface area contributed by atoms with E-state index >= 15 is 0 Å². The van der Waals surface area contributed by atoms with Crippen LogP contribution in [0.3, 0.4) is 0 Å². The molecule has 3 rings (SSSR count). The number of imidazole rings is 1. The summed E-state index contributed by atoms with van der Waals surface area (Å²) < 4.78 is 2.23. The maximum absolute atomic E-state index is 10.9. The maximum Gasteiger partial charge on any atom is 0.335 e. The topological polar surface area (TPSA) is 55.1 Å². The highest BCUT2D eigenvalue weighted by molar-refractivity contribution is 5.92. The van der Waals surface area contributed by atoms with Crippen molar-refractivity contribution in [3.05, 3.63) is 30.1 Å². The Kier molecular flexibility index (Phi) is 2.40. The number of rotatable bonds is 3. The molecule has 0 amide bonds. The van der Waals surface area contributed by atoms with E-state index in [1.54, 1.807) is 12.1 Å². The van der Waals surface area contributed by atoms with E-state index in [0.29, 0.717) is 5.56 Å². The highest BCUT2D eigenvalue weighted by Gasteiger charge is 2.37. The van der Waals surface area contributed by atoms with Crippen molar-refractivity contribution in [3.63, 3.8) is 0 Å². The molecule has 18 heavy (non-hydrogen) atoms. The van der Waals surface area contributed by atoms with E-state index in [-0.39, 0.29) is 5.54 Å². The van der Waals surface area contributed by atoms with Crippen molar-refractivity contribution >= 4 is 17.0 Å². The summed E-state index contributed by atoms with van der Waals surface area (Å²) in [7, 11) is 0. The van der Waals surface area contributed by atoms with Gasteiger partial charge < -0.3 is 9.67 Å². The van der Waals surface area contributed by atoms with Crippen LogP contribution in [0.4, 0.5) is 0 Å². The molecule has 0 unspecified atom stereocenters. The van der Waals surface area contributed by atoms with E-state index in [1.165, 1.54) is 19.3 Å². The lowest BCUT2D eigenvalue weighted by Crippen LogP contribution is -2.39. The molecule has 0 atom stereocenters. The third-order valence-electron chi connectivity index (χ3n) is 4.25. The second kappa shape index (κ2) is 3.83. The molecule has 1 aromatic carbocycles. The average molecular weight is 244 g/mol. The summed E-state index contributed by atoms with van der Waals surface area (Å²) in [5.41, 5.74) is 2.32. The summed E-state index contributed by atoms with van der Waals surface area (Å²) in [6, 6.07) is 5.18. The van der Waals surface area contributed by atoms with Gasteiger partial charge in [-0.15, -0.1) is 0 Å². The lowest BCUT2D eigenvalue weighted by molar-refractivity contribution is 0.0697. The van der Waals surface area contributed by atoms with Gasteiger partial charge in [-0.25, -0.2) is 9.78 Å². The first kappa shape index (κ1) is 11.3. The van der Waals surface area contributed by atoms with Crippen LogP contribution in [-0.4, -0.2) is 20.6 Å². The Morgan fingerprint density at radius 3 is 2.83 bits per heavy atom. The van der Waals surface area contributed by atoms with Crippen molar-refractivity contribution < 1.29 is 9.90 Å². The smallest absolute Gasteiger partial charge is 0.335 e. The summed E-state index contributed by atoms with van der Waals surface area (Å²) in [6.45, 7) is 2.20.